The zero-order valence-corrected chi connectivity index (χ0v) is 17.6. The smallest absolute Gasteiger partial charge is 0.338 e. The van der Waals surface area contributed by atoms with Crippen LogP contribution in [0.4, 0.5) is 0 Å². The highest BCUT2D eigenvalue weighted by Gasteiger charge is 2.18. The van der Waals surface area contributed by atoms with Crippen LogP contribution in [0.5, 0.6) is 17.2 Å². The number of hydrogen-bond donors (Lipinski definition) is 0. The van der Waals surface area contributed by atoms with Gasteiger partial charge < -0.3 is 23.4 Å². The van der Waals surface area contributed by atoms with Crippen molar-refractivity contribution >= 4 is 16.9 Å². The lowest BCUT2D eigenvalue weighted by Crippen LogP contribution is -2.11. The standard InChI is InChI=1S/C23H24O7/c1-13(2)29-18-9-7-16-14(3)10-21(24)30-22(16)17(18)12-28-23(25)15-6-8-19(26-4)20(11-15)27-5/h6-11,13H,12H2,1-5H3. The van der Waals surface area contributed by atoms with E-state index in [-0.39, 0.29) is 12.7 Å². The first-order valence-corrected chi connectivity index (χ1v) is 9.46. The normalized spacial score (nSPS) is 10.9. The van der Waals surface area contributed by atoms with Gasteiger partial charge in [0.2, 0.25) is 0 Å². The quantitative estimate of drug-likeness (QED) is 0.423. The molecule has 3 aromatic rings. The Morgan fingerprint density at radius 2 is 1.70 bits per heavy atom. The summed E-state index contributed by atoms with van der Waals surface area (Å²) in [5.74, 6) is 0.861. The van der Waals surface area contributed by atoms with Crippen molar-refractivity contribution in [1.82, 2.24) is 0 Å². The molecule has 0 N–H and O–H groups in total. The molecule has 3 rings (SSSR count). The molecule has 0 aliphatic rings. The lowest BCUT2D eigenvalue weighted by molar-refractivity contribution is 0.0468. The largest absolute Gasteiger partial charge is 0.493 e. The molecule has 0 saturated heterocycles. The van der Waals surface area contributed by atoms with Gasteiger partial charge in [0, 0.05) is 11.5 Å². The zero-order chi connectivity index (χ0) is 21.8. The number of rotatable bonds is 7. The van der Waals surface area contributed by atoms with Crippen molar-refractivity contribution in [2.24, 2.45) is 0 Å². The summed E-state index contributed by atoms with van der Waals surface area (Å²) in [5.41, 5.74) is 1.44. The van der Waals surface area contributed by atoms with Crippen LogP contribution in [0.25, 0.3) is 11.0 Å². The van der Waals surface area contributed by atoms with Gasteiger partial charge in [0.05, 0.1) is 31.5 Å². The highest BCUT2D eigenvalue weighted by molar-refractivity contribution is 5.91. The summed E-state index contributed by atoms with van der Waals surface area (Å²) in [5, 5.41) is 0.753. The van der Waals surface area contributed by atoms with Crippen LogP contribution < -0.4 is 19.8 Å². The minimum absolute atomic E-state index is 0.112. The lowest BCUT2D eigenvalue weighted by atomic mass is 10.1. The Bertz CT molecular complexity index is 1130. The molecule has 0 aliphatic heterocycles. The van der Waals surface area contributed by atoms with E-state index in [4.69, 9.17) is 23.4 Å². The number of ether oxygens (including phenoxy) is 4. The molecule has 0 bridgehead atoms. The van der Waals surface area contributed by atoms with Gasteiger partial charge in [-0.15, -0.1) is 0 Å². The van der Waals surface area contributed by atoms with E-state index < -0.39 is 11.6 Å². The SMILES string of the molecule is COc1ccc(C(=O)OCc2c(OC(C)C)ccc3c(C)cc(=O)oc23)cc1OC. The van der Waals surface area contributed by atoms with Crippen LogP contribution in [0.1, 0.15) is 35.3 Å². The van der Waals surface area contributed by atoms with Gasteiger partial charge in [-0.3, -0.25) is 0 Å². The molecule has 158 valence electrons. The second-order valence-electron chi connectivity index (χ2n) is 6.98. The van der Waals surface area contributed by atoms with Crippen molar-refractivity contribution in [1.29, 1.82) is 0 Å². The first-order valence-electron chi connectivity index (χ1n) is 9.46. The molecule has 2 aromatic carbocycles. The fraction of sp³-hybridized carbons (Fsp3) is 0.304. The van der Waals surface area contributed by atoms with E-state index in [1.165, 1.54) is 20.3 Å². The second kappa shape index (κ2) is 8.90. The lowest BCUT2D eigenvalue weighted by Gasteiger charge is -2.16. The second-order valence-corrected chi connectivity index (χ2v) is 6.98. The van der Waals surface area contributed by atoms with Crippen LogP contribution in [0.2, 0.25) is 0 Å². The number of esters is 1. The Kier molecular flexibility index (Phi) is 6.30. The molecule has 30 heavy (non-hydrogen) atoms. The fourth-order valence-corrected chi connectivity index (χ4v) is 3.11. The number of fused-ring (bicyclic) bond motifs is 1. The van der Waals surface area contributed by atoms with Gasteiger partial charge in [-0.1, -0.05) is 0 Å². The van der Waals surface area contributed by atoms with Crippen LogP contribution in [-0.4, -0.2) is 26.3 Å². The molecule has 0 aliphatic carbocycles. The topological polar surface area (TPSA) is 84.2 Å². The van der Waals surface area contributed by atoms with Crippen LogP contribution in [0.3, 0.4) is 0 Å². The maximum atomic E-state index is 12.6. The predicted molar refractivity (Wildman–Crippen MR) is 112 cm³/mol. The molecule has 0 spiro atoms. The molecule has 0 radical (unpaired) electrons. The van der Waals surface area contributed by atoms with E-state index in [1.807, 2.05) is 26.8 Å². The minimum Gasteiger partial charge on any atom is -0.493 e. The first-order chi connectivity index (χ1) is 14.3. The molecule has 0 fully saturated rings. The van der Waals surface area contributed by atoms with E-state index in [1.54, 1.807) is 24.3 Å². The molecule has 1 aromatic heterocycles. The van der Waals surface area contributed by atoms with E-state index in [9.17, 15) is 9.59 Å². The molecular weight excluding hydrogens is 388 g/mol. The molecule has 0 atom stereocenters. The Hall–Kier alpha value is -3.48. The Morgan fingerprint density at radius 3 is 2.37 bits per heavy atom. The van der Waals surface area contributed by atoms with Gasteiger partial charge in [0.15, 0.2) is 11.5 Å². The van der Waals surface area contributed by atoms with Crippen molar-refractivity contribution in [2.45, 2.75) is 33.5 Å². The minimum atomic E-state index is -0.557. The third kappa shape index (κ3) is 4.40. The monoisotopic (exact) mass is 412 g/mol. The highest BCUT2D eigenvalue weighted by atomic mass is 16.5. The number of hydrogen-bond acceptors (Lipinski definition) is 7. The van der Waals surface area contributed by atoms with Crippen LogP contribution >= 0.6 is 0 Å². The summed E-state index contributed by atoms with van der Waals surface area (Å²) in [6.45, 7) is 5.46. The van der Waals surface area contributed by atoms with Crippen molar-refractivity contribution in [2.75, 3.05) is 14.2 Å². The van der Waals surface area contributed by atoms with E-state index in [0.717, 1.165) is 10.9 Å². The molecule has 0 saturated carbocycles. The molecular formula is C23H24O7. The fourth-order valence-electron chi connectivity index (χ4n) is 3.11. The number of carbonyl (C=O) groups is 1. The Labute approximate surface area is 174 Å². The summed E-state index contributed by atoms with van der Waals surface area (Å²) in [6, 6.07) is 9.79. The van der Waals surface area contributed by atoms with Crippen molar-refractivity contribution in [3.63, 3.8) is 0 Å². The van der Waals surface area contributed by atoms with Gasteiger partial charge in [-0.2, -0.15) is 0 Å². The molecule has 7 nitrogen and oxygen atoms in total. The Balaban J connectivity index is 1.96. The Morgan fingerprint density at radius 1 is 1.00 bits per heavy atom. The molecule has 7 heteroatoms. The average Bonchev–Trinajstić information content (AvgIpc) is 2.71. The molecule has 1 heterocycles. The van der Waals surface area contributed by atoms with Crippen LogP contribution in [-0.2, 0) is 11.3 Å². The summed E-state index contributed by atoms with van der Waals surface area (Å²) in [6.07, 6.45) is -0.112. The van der Waals surface area contributed by atoms with Crippen molar-refractivity contribution in [3.05, 3.63) is 63.5 Å². The van der Waals surface area contributed by atoms with E-state index in [2.05, 4.69) is 0 Å². The number of benzene rings is 2. The van der Waals surface area contributed by atoms with Crippen LogP contribution in [0.15, 0.2) is 45.6 Å². The van der Waals surface area contributed by atoms with Crippen LogP contribution in [0, 0.1) is 6.92 Å². The van der Waals surface area contributed by atoms with Gasteiger partial charge in [0.1, 0.15) is 17.9 Å². The number of carbonyl (C=O) groups excluding carboxylic acids is 1. The molecule has 0 amide bonds. The number of methoxy groups -OCH3 is 2. The van der Waals surface area contributed by atoms with E-state index in [0.29, 0.717) is 34.0 Å². The highest BCUT2D eigenvalue weighted by Crippen LogP contribution is 2.31. The van der Waals surface area contributed by atoms with Crippen molar-refractivity contribution in [3.8, 4) is 17.2 Å². The summed E-state index contributed by atoms with van der Waals surface area (Å²) < 4.78 is 27.2. The zero-order valence-electron chi connectivity index (χ0n) is 17.6. The predicted octanol–water partition coefficient (Wildman–Crippen LogP) is 4.26. The average molecular weight is 412 g/mol. The summed E-state index contributed by atoms with van der Waals surface area (Å²) in [4.78, 5) is 24.6. The van der Waals surface area contributed by atoms with E-state index >= 15 is 0 Å². The van der Waals surface area contributed by atoms with Gasteiger partial charge in [-0.05, 0) is 56.7 Å². The van der Waals surface area contributed by atoms with Crippen molar-refractivity contribution < 1.29 is 28.2 Å². The maximum Gasteiger partial charge on any atom is 0.338 e. The third-order valence-corrected chi connectivity index (χ3v) is 4.51. The molecule has 0 unspecified atom stereocenters. The first kappa shape index (κ1) is 21.2. The number of aryl methyl sites for hydroxylation is 1. The van der Waals surface area contributed by atoms with Gasteiger partial charge in [-0.25, -0.2) is 9.59 Å². The van der Waals surface area contributed by atoms with Gasteiger partial charge in [0.25, 0.3) is 0 Å². The summed E-state index contributed by atoms with van der Waals surface area (Å²) >= 11 is 0. The third-order valence-electron chi connectivity index (χ3n) is 4.51. The summed E-state index contributed by atoms with van der Waals surface area (Å²) in [7, 11) is 3.01. The maximum absolute atomic E-state index is 12.6. The van der Waals surface area contributed by atoms with Gasteiger partial charge >= 0.3 is 11.6 Å².